The maximum Gasteiger partial charge on any atom is 0.143 e. The van der Waals surface area contributed by atoms with E-state index in [9.17, 15) is 4.79 Å². The second-order valence-electron chi connectivity index (χ2n) is 9.58. The molecule has 3 aromatic rings. The normalized spacial score (nSPS) is 14.6. The van der Waals surface area contributed by atoms with Gasteiger partial charge in [0.2, 0.25) is 0 Å². The highest BCUT2D eigenvalue weighted by molar-refractivity contribution is 6.05. The van der Waals surface area contributed by atoms with Crippen LogP contribution in [0, 0.1) is 16.7 Å². The molecule has 1 nitrogen and oxygen atoms in total. The van der Waals surface area contributed by atoms with Gasteiger partial charge in [-0.25, -0.2) is 0 Å². The number of benzene rings is 3. The Labute approximate surface area is 163 Å². The van der Waals surface area contributed by atoms with E-state index in [1.807, 2.05) is 0 Å². The van der Waals surface area contributed by atoms with Gasteiger partial charge in [0, 0.05) is 11.8 Å². The highest BCUT2D eigenvalue weighted by Crippen LogP contribution is 2.45. The van der Waals surface area contributed by atoms with E-state index in [-0.39, 0.29) is 10.8 Å². The van der Waals surface area contributed by atoms with Gasteiger partial charge in [-0.15, -0.1) is 0 Å². The quantitative estimate of drug-likeness (QED) is 0.440. The molecule has 3 rings (SSSR count). The largest absolute Gasteiger partial charge is 0.299 e. The van der Waals surface area contributed by atoms with Gasteiger partial charge >= 0.3 is 0 Å². The van der Waals surface area contributed by atoms with Crippen molar-refractivity contribution in [2.75, 3.05) is 0 Å². The Kier molecular flexibility index (Phi) is 5.16. The van der Waals surface area contributed by atoms with Crippen LogP contribution >= 0.6 is 0 Å². The SMILES string of the molecule is CC(C)CC(C)(C(=O)Cc1c2ccccc2cc2ccccc12)C(C)(C)C. The molecule has 142 valence electrons. The minimum atomic E-state index is -0.348. The van der Waals surface area contributed by atoms with Crippen LogP contribution < -0.4 is 0 Å². The maximum atomic E-state index is 13.7. The number of Topliss-reactive ketones (excluding diaryl/α,β-unsaturated/α-hetero) is 1. The van der Waals surface area contributed by atoms with Crippen LogP contribution in [0.3, 0.4) is 0 Å². The molecule has 0 saturated carbocycles. The van der Waals surface area contributed by atoms with Crippen LogP contribution in [-0.4, -0.2) is 5.78 Å². The molecular weight excluding hydrogens is 328 g/mol. The second kappa shape index (κ2) is 7.11. The van der Waals surface area contributed by atoms with Gasteiger partial charge in [0.1, 0.15) is 5.78 Å². The summed E-state index contributed by atoms with van der Waals surface area (Å²) < 4.78 is 0. The summed E-state index contributed by atoms with van der Waals surface area (Å²) in [6.45, 7) is 13.2. The zero-order valence-electron chi connectivity index (χ0n) is 17.6. The molecule has 27 heavy (non-hydrogen) atoms. The number of carbonyl (C=O) groups is 1. The Bertz CT molecular complexity index is 920. The fourth-order valence-corrected chi connectivity index (χ4v) is 4.31. The molecule has 0 aromatic heterocycles. The van der Waals surface area contributed by atoms with Crippen molar-refractivity contribution in [3.05, 3.63) is 60.2 Å². The van der Waals surface area contributed by atoms with E-state index in [1.54, 1.807) is 0 Å². The molecule has 0 aliphatic rings. The Morgan fingerprint density at radius 3 is 1.78 bits per heavy atom. The van der Waals surface area contributed by atoms with Gasteiger partial charge in [-0.1, -0.05) is 90.1 Å². The van der Waals surface area contributed by atoms with Gasteiger partial charge < -0.3 is 0 Å². The van der Waals surface area contributed by atoms with Gasteiger partial charge in [-0.3, -0.25) is 4.79 Å². The van der Waals surface area contributed by atoms with Crippen LogP contribution in [0.5, 0.6) is 0 Å². The topological polar surface area (TPSA) is 17.1 Å². The van der Waals surface area contributed by atoms with Crippen LogP contribution in [0.2, 0.25) is 0 Å². The molecule has 0 N–H and O–H groups in total. The van der Waals surface area contributed by atoms with Gasteiger partial charge in [0.15, 0.2) is 0 Å². The van der Waals surface area contributed by atoms with Gasteiger partial charge in [0.05, 0.1) is 0 Å². The van der Waals surface area contributed by atoms with Crippen molar-refractivity contribution < 1.29 is 4.79 Å². The highest BCUT2D eigenvalue weighted by Gasteiger charge is 2.43. The first-order valence-electron chi connectivity index (χ1n) is 10.1. The van der Waals surface area contributed by atoms with Crippen molar-refractivity contribution in [2.45, 2.75) is 54.4 Å². The molecule has 3 aromatic carbocycles. The summed E-state index contributed by atoms with van der Waals surface area (Å²) in [7, 11) is 0. The standard InChI is InChI=1S/C26H32O/c1-18(2)17-26(6,25(3,4)5)24(27)16-23-21-13-9-7-11-19(21)15-20-12-8-10-14-22(20)23/h7-15,18H,16-17H2,1-6H3. The first-order valence-corrected chi connectivity index (χ1v) is 10.1. The van der Waals surface area contributed by atoms with Gasteiger partial charge in [0.25, 0.3) is 0 Å². The lowest BCUT2D eigenvalue weighted by atomic mass is 9.61. The van der Waals surface area contributed by atoms with Crippen molar-refractivity contribution in [3.63, 3.8) is 0 Å². The lowest BCUT2D eigenvalue weighted by Crippen LogP contribution is -2.42. The van der Waals surface area contributed by atoms with Gasteiger partial charge in [-0.2, -0.15) is 0 Å². The predicted molar refractivity (Wildman–Crippen MR) is 117 cm³/mol. The number of carbonyl (C=O) groups excluding carboxylic acids is 1. The molecule has 0 heterocycles. The number of hydrogen-bond donors (Lipinski definition) is 0. The van der Waals surface area contributed by atoms with Crippen molar-refractivity contribution in [1.29, 1.82) is 0 Å². The van der Waals surface area contributed by atoms with Crippen molar-refractivity contribution in [3.8, 4) is 0 Å². The average molecular weight is 361 g/mol. The van der Waals surface area contributed by atoms with Crippen LogP contribution in [0.25, 0.3) is 21.5 Å². The fourth-order valence-electron chi connectivity index (χ4n) is 4.31. The Morgan fingerprint density at radius 1 is 0.852 bits per heavy atom. The first-order chi connectivity index (χ1) is 12.6. The molecule has 1 heteroatoms. The summed E-state index contributed by atoms with van der Waals surface area (Å²) >= 11 is 0. The minimum absolute atomic E-state index is 0.0747. The summed E-state index contributed by atoms with van der Waals surface area (Å²) in [5.74, 6) is 0.840. The number of hydrogen-bond acceptors (Lipinski definition) is 1. The molecule has 0 bridgehead atoms. The summed E-state index contributed by atoms with van der Waals surface area (Å²) in [6, 6.07) is 19.1. The molecular formula is C26H32O. The van der Waals surface area contributed by atoms with Crippen LogP contribution in [-0.2, 0) is 11.2 Å². The van der Waals surface area contributed by atoms with E-state index >= 15 is 0 Å². The summed E-state index contributed by atoms with van der Waals surface area (Å²) in [6.07, 6.45) is 1.40. The van der Waals surface area contributed by atoms with Crippen LogP contribution in [0.15, 0.2) is 54.6 Å². The third-order valence-corrected chi connectivity index (χ3v) is 6.31. The first kappa shape index (κ1) is 19.6. The van der Waals surface area contributed by atoms with Crippen molar-refractivity contribution in [2.24, 2.45) is 16.7 Å². The molecule has 0 saturated heterocycles. The van der Waals surface area contributed by atoms with E-state index in [0.29, 0.717) is 18.1 Å². The zero-order valence-corrected chi connectivity index (χ0v) is 17.6. The summed E-state index contributed by atoms with van der Waals surface area (Å²) in [5.41, 5.74) is 0.751. The predicted octanol–water partition coefficient (Wildman–Crippen LogP) is 7.20. The van der Waals surface area contributed by atoms with Crippen LogP contribution in [0.4, 0.5) is 0 Å². The minimum Gasteiger partial charge on any atom is -0.299 e. The van der Waals surface area contributed by atoms with E-state index in [0.717, 1.165) is 6.42 Å². The Morgan fingerprint density at radius 2 is 1.33 bits per heavy atom. The fraction of sp³-hybridized carbons (Fsp3) is 0.423. The Hall–Kier alpha value is -2.15. The van der Waals surface area contributed by atoms with Crippen LogP contribution in [0.1, 0.15) is 53.5 Å². The van der Waals surface area contributed by atoms with Crippen molar-refractivity contribution >= 4 is 27.3 Å². The molecule has 0 amide bonds. The van der Waals surface area contributed by atoms with E-state index in [1.165, 1.54) is 27.1 Å². The highest BCUT2D eigenvalue weighted by atomic mass is 16.1. The van der Waals surface area contributed by atoms with Gasteiger partial charge in [-0.05, 0) is 50.9 Å². The van der Waals surface area contributed by atoms with E-state index in [2.05, 4.69) is 96.1 Å². The molecule has 0 radical (unpaired) electrons. The smallest absolute Gasteiger partial charge is 0.143 e. The zero-order chi connectivity index (χ0) is 19.8. The molecule has 0 aliphatic heterocycles. The Balaban J connectivity index is 2.15. The molecule has 1 atom stereocenters. The summed E-state index contributed by atoms with van der Waals surface area (Å²) in [5, 5.41) is 4.82. The van der Waals surface area contributed by atoms with E-state index in [4.69, 9.17) is 0 Å². The molecule has 1 unspecified atom stereocenters. The average Bonchev–Trinajstić information content (AvgIpc) is 2.59. The molecule has 0 spiro atoms. The van der Waals surface area contributed by atoms with Crippen molar-refractivity contribution in [1.82, 2.24) is 0 Å². The maximum absolute atomic E-state index is 13.7. The number of rotatable bonds is 5. The molecule has 0 fully saturated rings. The lowest BCUT2D eigenvalue weighted by molar-refractivity contribution is -0.134. The lowest BCUT2D eigenvalue weighted by Gasteiger charge is -2.42. The molecule has 0 aliphatic carbocycles. The number of fused-ring (bicyclic) bond motifs is 2. The summed E-state index contributed by atoms with van der Waals surface area (Å²) in [4.78, 5) is 13.7. The number of ketones is 1. The monoisotopic (exact) mass is 360 g/mol. The van der Waals surface area contributed by atoms with E-state index < -0.39 is 0 Å². The third-order valence-electron chi connectivity index (χ3n) is 6.31. The third kappa shape index (κ3) is 3.65. The second-order valence-corrected chi connectivity index (χ2v) is 9.58.